The molecule has 6 nitrogen and oxygen atoms in total. The van der Waals surface area contributed by atoms with Crippen LogP contribution in [0.4, 0.5) is 0 Å². The number of esters is 1. The van der Waals surface area contributed by atoms with Crippen molar-refractivity contribution in [1.82, 2.24) is 0 Å². The van der Waals surface area contributed by atoms with Crippen molar-refractivity contribution in [3.05, 3.63) is 23.8 Å². The zero-order valence-corrected chi connectivity index (χ0v) is 20.3. The van der Waals surface area contributed by atoms with Gasteiger partial charge in [0, 0.05) is 23.2 Å². The van der Waals surface area contributed by atoms with Gasteiger partial charge in [-0.05, 0) is 62.0 Å². The van der Waals surface area contributed by atoms with E-state index in [1.165, 1.54) is 0 Å². The normalized spacial score (nSPS) is 43.9. The average Bonchev–Trinajstić information content (AvgIpc) is 3.03. The van der Waals surface area contributed by atoms with Crippen molar-refractivity contribution < 1.29 is 29.3 Å². The van der Waals surface area contributed by atoms with Crippen molar-refractivity contribution in [3.63, 3.8) is 0 Å². The van der Waals surface area contributed by atoms with Crippen molar-refractivity contribution >= 4 is 17.5 Å². The zero-order valence-electron chi connectivity index (χ0n) is 20.3. The second kappa shape index (κ2) is 8.46. The van der Waals surface area contributed by atoms with Gasteiger partial charge in [0.2, 0.25) is 5.78 Å². The van der Waals surface area contributed by atoms with E-state index < -0.39 is 40.9 Å². The number of hydrogen-bond acceptors (Lipinski definition) is 6. The van der Waals surface area contributed by atoms with Gasteiger partial charge >= 0.3 is 5.97 Å². The van der Waals surface area contributed by atoms with E-state index in [1.807, 2.05) is 19.9 Å². The second-order valence-corrected chi connectivity index (χ2v) is 11.3. The molecule has 3 fully saturated rings. The summed E-state index contributed by atoms with van der Waals surface area (Å²) in [5.74, 6) is -0.552. The minimum atomic E-state index is -1.62. The molecule has 6 heteroatoms. The van der Waals surface area contributed by atoms with Gasteiger partial charge in [-0.2, -0.15) is 0 Å². The molecule has 182 valence electrons. The van der Waals surface area contributed by atoms with Crippen LogP contribution in [0.25, 0.3) is 0 Å². The van der Waals surface area contributed by atoms with Crippen LogP contribution in [0.5, 0.6) is 0 Å². The Labute approximate surface area is 196 Å². The molecule has 0 amide bonds. The molecule has 0 aromatic rings. The number of aliphatic hydroxyl groups excluding tert-OH is 1. The Morgan fingerprint density at radius 1 is 1.27 bits per heavy atom. The number of Topliss-reactive ketones (excluding diaryl/α,β-unsaturated/α-hetero) is 1. The van der Waals surface area contributed by atoms with E-state index >= 15 is 0 Å². The first-order chi connectivity index (χ1) is 15.5. The lowest BCUT2D eigenvalue weighted by Crippen LogP contribution is -2.62. The second-order valence-electron chi connectivity index (χ2n) is 11.3. The molecule has 0 radical (unpaired) electrons. The van der Waals surface area contributed by atoms with Crippen LogP contribution < -0.4 is 0 Å². The molecule has 0 spiro atoms. The molecule has 3 saturated carbocycles. The van der Waals surface area contributed by atoms with E-state index in [0.717, 1.165) is 18.4 Å². The average molecular weight is 459 g/mol. The first kappa shape index (κ1) is 24.3. The fourth-order valence-electron chi connectivity index (χ4n) is 7.87. The molecule has 4 rings (SSSR count). The lowest BCUT2D eigenvalue weighted by atomic mass is 9.45. The smallest absolute Gasteiger partial charge is 0.306 e. The zero-order chi connectivity index (χ0) is 24.2. The van der Waals surface area contributed by atoms with Crippen LogP contribution in [0, 0.1) is 34.5 Å². The summed E-state index contributed by atoms with van der Waals surface area (Å²) in [6, 6.07) is 0. The number of hydrogen-bond donors (Lipinski definition) is 2. The van der Waals surface area contributed by atoms with Crippen LogP contribution in [-0.2, 0) is 19.1 Å². The molecule has 0 aromatic carbocycles. The summed E-state index contributed by atoms with van der Waals surface area (Å²) in [4.78, 5) is 37.2. The summed E-state index contributed by atoms with van der Waals surface area (Å²) in [6.45, 7) is 7.74. The Kier molecular flexibility index (Phi) is 6.24. The molecule has 0 aromatic heterocycles. The highest BCUT2D eigenvalue weighted by Gasteiger charge is 2.68. The number of carbonyl (C=O) groups is 3. The number of rotatable bonds is 6. The van der Waals surface area contributed by atoms with Gasteiger partial charge in [-0.3, -0.25) is 14.4 Å². The monoisotopic (exact) mass is 458 g/mol. The summed E-state index contributed by atoms with van der Waals surface area (Å²) < 4.78 is 5.20. The van der Waals surface area contributed by atoms with E-state index in [9.17, 15) is 24.6 Å². The predicted molar refractivity (Wildman–Crippen MR) is 123 cm³/mol. The molecule has 0 saturated heterocycles. The highest BCUT2D eigenvalue weighted by atomic mass is 16.5. The summed E-state index contributed by atoms with van der Waals surface area (Å²) in [5, 5.41) is 23.1. The molecule has 2 N–H and O–H groups in total. The van der Waals surface area contributed by atoms with Crippen LogP contribution in [-0.4, -0.2) is 46.1 Å². The molecule has 33 heavy (non-hydrogen) atoms. The van der Waals surface area contributed by atoms with Crippen molar-refractivity contribution in [2.24, 2.45) is 34.5 Å². The standard InChI is InChI=1S/C27H38O6/c1-5-6-7-23(31)33-15-22(30)27(32)11-9-19-18-12-16(2)20-13-17(28)8-10-25(20,3)24(18)21(29)14-26(19,27)4/h8,10,13,16,18-19,21,24,29,32H,5-7,9,11-12,14-15H2,1-4H3/t16-,18-,19-,21-,24+,25-,26-,27-/m0/s1. The number of aliphatic hydroxyl groups is 2. The summed E-state index contributed by atoms with van der Waals surface area (Å²) >= 11 is 0. The van der Waals surface area contributed by atoms with Crippen LogP contribution in [0.15, 0.2) is 23.8 Å². The quantitative estimate of drug-likeness (QED) is 0.591. The lowest BCUT2D eigenvalue weighted by molar-refractivity contribution is -0.182. The maximum atomic E-state index is 13.2. The van der Waals surface area contributed by atoms with Crippen LogP contribution in [0.1, 0.15) is 72.6 Å². The summed E-state index contributed by atoms with van der Waals surface area (Å²) in [7, 11) is 0. The van der Waals surface area contributed by atoms with Gasteiger partial charge in [0.05, 0.1) is 6.10 Å². The van der Waals surface area contributed by atoms with Gasteiger partial charge in [0.15, 0.2) is 12.4 Å². The van der Waals surface area contributed by atoms with Crippen LogP contribution >= 0.6 is 0 Å². The third-order valence-corrected chi connectivity index (χ3v) is 9.53. The number of unbranched alkanes of at least 4 members (excludes halogenated alkanes) is 1. The number of ether oxygens (including phenoxy) is 1. The fraction of sp³-hybridized carbons (Fsp3) is 0.741. The van der Waals surface area contributed by atoms with Crippen molar-refractivity contribution in [3.8, 4) is 0 Å². The Hall–Kier alpha value is -1.79. The molecule has 0 heterocycles. The Balaban J connectivity index is 1.59. The van der Waals surface area contributed by atoms with Crippen LogP contribution in [0.2, 0.25) is 0 Å². The van der Waals surface area contributed by atoms with E-state index in [1.54, 1.807) is 12.2 Å². The summed E-state index contributed by atoms with van der Waals surface area (Å²) in [6.07, 6.45) is 8.59. The maximum absolute atomic E-state index is 13.2. The number of allylic oxidation sites excluding steroid dienone is 4. The minimum absolute atomic E-state index is 0.00256. The van der Waals surface area contributed by atoms with Crippen LogP contribution in [0.3, 0.4) is 0 Å². The molecule has 0 bridgehead atoms. The molecule has 0 aliphatic heterocycles. The van der Waals surface area contributed by atoms with Crippen molar-refractivity contribution in [2.75, 3.05) is 6.61 Å². The summed E-state index contributed by atoms with van der Waals surface area (Å²) in [5.41, 5.74) is -1.72. The number of carbonyl (C=O) groups excluding carboxylic acids is 3. The maximum Gasteiger partial charge on any atom is 0.306 e. The van der Waals surface area contributed by atoms with Gasteiger partial charge in [0.25, 0.3) is 0 Å². The molecule has 0 unspecified atom stereocenters. The fourth-order valence-corrected chi connectivity index (χ4v) is 7.87. The van der Waals surface area contributed by atoms with Crippen molar-refractivity contribution in [2.45, 2.75) is 84.3 Å². The third-order valence-electron chi connectivity index (χ3n) is 9.53. The van der Waals surface area contributed by atoms with Gasteiger partial charge in [0.1, 0.15) is 5.60 Å². The number of fused-ring (bicyclic) bond motifs is 5. The van der Waals surface area contributed by atoms with Crippen molar-refractivity contribution in [1.29, 1.82) is 0 Å². The lowest BCUT2D eigenvalue weighted by Gasteiger charge is -2.60. The minimum Gasteiger partial charge on any atom is -0.458 e. The van der Waals surface area contributed by atoms with E-state index in [4.69, 9.17) is 4.74 Å². The molecular weight excluding hydrogens is 420 g/mol. The van der Waals surface area contributed by atoms with Gasteiger partial charge < -0.3 is 14.9 Å². The van der Waals surface area contributed by atoms with Gasteiger partial charge in [-0.25, -0.2) is 0 Å². The number of ketones is 2. The van der Waals surface area contributed by atoms with E-state index in [2.05, 4.69) is 13.8 Å². The van der Waals surface area contributed by atoms with Gasteiger partial charge in [-0.15, -0.1) is 0 Å². The predicted octanol–water partition coefficient (Wildman–Crippen LogP) is 3.54. The highest BCUT2D eigenvalue weighted by Crippen LogP contribution is 2.67. The largest absolute Gasteiger partial charge is 0.458 e. The Morgan fingerprint density at radius 3 is 2.70 bits per heavy atom. The van der Waals surface area contributed by atoms with Gasteiger partial charge in [-0.1, -0.05) is 45.8 Å². The first-order valence-corrected chi connectivity index (χ1v) is 12.5. The van der Waals surface area contributed by atoms with E-state index in [0.29, 0.717) is 25.7 Å². The SMILES string of the molecule is CCCCC(=O)OCC(=O)[C@@]1(O)CC[C@H]2[C@@H]3C[C@H](C)C4=CC(=O)C=C[C@]4(C)[C@H]3[C@@H](O)C[C@@]21C. The highest BCUT2D eigenvalue weighted by molar-refractivity contribution is 6.01. The third kappa shape index (κ3) is 3.65. The molecule has 4 aliphatic carbocycles. The van der Waals surface area contributed by atoms with E-state index in [-0.39, 0.29) is 35.9 Å². The Morgan fingerprint density at radius 2 is 2.00 bits per heavy atom. The topological polar surface area (TPSA) is 101 Å². The molecule has 4 aliphatic rings. The molecule has 8 atom stereocenters. The molecular formula is C27H38O6. The Bertz CT molecular complexity index is 904. The first-order valence-electron chi connectivity index (χ1n) is 12.5.